The van der Waals surface area contributed by atoms with Crippen LogP contribution in [0.15, 0.2) is 0 Å². The van der Waals surface area contributed by atoms with Gasteiger partial charge in [0.2, 0.25) is 11.8 Å². The van der Waals surface area contributed by atoms with Crippen molar-refractivity contribution in [3.05, 3.63) is 0 Å². The maximum Gasteiger partial charge on any atom is 0.457 e. The Kier molecular flexibility index (Phi) is 11.2. The number of hydrogen-bond acceptors (Lipinski definition) is 8. The molecule has 0 bridgehead atoms. The molecule has 0 aromatic rings. The molecule has 2 saturated heterocycles. The van der Waals surface area contributed by atoms with Crippen molar-refractivity contribution < 1.29 is 36.8 Å². The van der Waals surface area contributed by atoms with E-state index in [4.69, 9.17) is 14.0 Å². The number of carbonyl (C=O) groups is 3. The summed E-state index contributed by atoms with van der Waals surface area (Å²) in [6.07, 6.45) is 1.88. The third kappa shape index (κ3) is 9.82. The molecule has 0 saturated carbocycles. The van der Waals surface area contributed by atoms with Crippen LogP contribution >= 0.6 is 0 Å². The smallest absolute Gasteiger partial charge is 0.443 e. The zero-order valence-corrected chi connectivity index (χ0v) is 28.2. The molecule has 14 heteroatoms. The van der Waals surface area contributed by atoms with Crippen LogP contribution in [0.25, 0.3) is 0 Å². The normalized spacial score (nSPS) is 21.4. The second-order valence-electron chi connectivity index (χ2n) is 14.6. The van der Waals surface area contributed by atoms with Crippen LogP contribution < -0.4 is 15.4 Å². The van der Waals surface area contributed by atoms with Crippen LogP contribution in [0.5, 0.6) is 0 Å². The molecule has 12 nitrogen and oxygen atoms in total. The SMILES string of the molecule is CC(=O)NC(CCCCB1OC(C)(C)C(C)(C)O1)(C(=O)NC(C)(C)C)C1CCN(S(=O)(=O)NC(=O)OC(C)(C)C)CC1. The minimum atomic E-state index is -4.15. The van der Waals surface area contributed by atoms with Gasteiger partial charge in [0, 0.05) is 25.6 Å². The molecule has 1 atom stereocenters. The second-order valence-corrected chi connectivity index (χ2v) is 16.2. The summed E-state index contributed by atoms with van der Waals surface area (Å²) in [5.41, 5.74) is -3.52. The summed E-state index contributed by atoms with van der Waals surface area (Å²) >= 11 is 0. The standard InChI is InChI=1S/C28H53BN4O8S/c1-20(34)30-28(22(35)31-24(2,3)4,16-12-13-17-29-40-26(8,9)27(10,11)41-29)21-14-18-33(19-15-21)42(37,38)32-23(36)39-25(5,6)7/h21H,12-19H2,1-11H3,(H,30,34)(H,31,35)(H,32,36). The van der Waals surface area contributed by atoms with Gasteiger partial charge in [-0.2, -0.15) is 12.7 Å². The number of ether oxygens (including phenoxy) is 1. The van der Waals surface area contributed by atoms with Crippen LogP contribution in [0.4, 0.5) is 4.79 Å². The molecule has 1 unspecified atom stereocenters. The molecule has 0 spiro atoms. The van der Waals surface area contributed by atoms with Gasteiger partial charge >= 0.3 is 23.4 Å². The number of unbranched alkanes of at least 4 members (excludes halogenated alkanes) is 1. The van der Waals surface area contributed by atoms with E-state index in [1.54, 1.807) is 20.8 Å². The molecule has 242 valence electrons. The molecule has 2 aliphatic rings. The van der Waals surface area contributed by atoms with Crippen molar-refractivity contribution in [3.8, 4) is 0 Å². The van der Waals surface area contributed by atoms with Gasteiger partial charge in [-0.1, -0.05) is 12.8 Å². The van der Waals surface area contributed by atoms with Crippen molar-refractivity contribution in [2.45, 2.75) is 142 Å². The molecule has 0 aliphatic carbocycles. The van der Waals surface area contributed by atoms with Crippen molar-refractivity contribution in [1.82, 2.24) is 19.7 Å². The van der Waals surface area contributed by atoms with Crippen LogP contribution in [0.2, 0.25) is 6.32 Å². The maximum absolute atomic E-state index is 13.9. The fourth-order valence-electron chi connectivity index (χ4n) is 5.35. The molecule has 2 aliphatic heterocycles. The highest BCUT2D eigenvalue weighted by Gasteiger charge is 2.51. The quantitative estimate of drug-likeness (QED) is 0.249. The highest BCUT2D eigenvalue weighted by atomic mass is 32.2. The molecular weight excluding hydrogens is 563 g/mol. The van der Waals surface area contributed by atoms with Gasteiger partial charge in [-0.3, -0.25) is 9.59 Å². The molecule has 2 heterocycles. The van der Waals surface area contributed by atoms with Crippen molar-refractivity contribution in [3.63, 3.8) is 0 Å². The van der Waals surface area contributed by atoms with E-state index in [9.17, 15) is 22.8 Å². The van der Waals surface area contributed by atoms with E-state index in [1.165, 1.54) is 11.2 Å². The lowest BCUT2D eigenvalue weighted by Crippen LogP contribution is -2.66. The minimum absolute atomic E-state index is 0.0703. The van der Waals surface area contributed by atoms with Crippen LogP contribution in [0.3, 0.4) is 0 Å². The third-order valence-electron chi connectivity index (χ3n) is 7.96. The van der Waals surface area contributed by atoms with Crippen LogP contribution in [-0.2, 0) is 33.8 Å². The molecule has 0 radical (unpaired) electrons. The summed E-state index contributed by atoms with van der Waals surface area (Å²) in [5.74, 6) is -0.978. The predicted octanol–water partition coefficient (Wildman–Crippen LogP) is 3.52. The zero-order chi connectivity index (χ0) is 32.4. The number of nitrogens with one attached hydrogen (secondary N) is 3. The number of nitrogens with zero attached hydrogens (tertiary/aromatic N) is 1. The topological polar surface area (TPSA) is 152 Å². The summed E-state index contributed by atoms with van der Waals surface area (Å²) in [5, 5.41) is 6.03. The van der Waals surface area contributed by atoms with E-state index in [0.29, 0.717) is 38.4 Å². The first-order chi connectivity index (χ1) is 18.9. The number of piperidine rings is 1. The number of hydrogen-bond donors (Lipinski definition) is 3. The average molecular weight is 617 g/mol. The molecule has 0 aromatic carbocycles. The van der Waals surface area contributed by atoms with Crippen LogP contribution in [-0.4, -0.2) is 78.7 Å². The second kappa shape index (κ2) is 13.0. The third-order valence-corrected chi connectivity index (χ3v) is 9.43. The van der Waals surface area contributed by atoms with E-state index in [1.807, 2.05) is 53.2 Å². The predicted molar refractivity (Wildman–Crippen MR) is 162 cm³/mol. The number of amides is 3. The summed E-state index contributed by atoms with van der Waals surface area (Å²) in [4.78, 5) is 38.6. The monoisotopic (exact) mass is 616 g/mol. The van der Waals surface area contributed by atoms with Crippen LogP contribution in [0, 0.1) is 5.92 Å². The van der Waals surface area contributed by atoms with Crippen molar-refractivity contribution in [2.75, 3.05) is 13.1 Å². The Morgan fingerprint density at radius 1 is 0.929 bits per heavy atom. The summed E-state index contributed by atoms with van der Waals surface area (Å²) < 4.78 is 46.3. The lowest BCUT2D eigenvalue weighted by atomic mass is 9.72. The first-order valence-corrected chi connectivity index (χ1v) is 16.3. The highest BCUT2D eigenvalue weighted by molar-refractivity contribution is 7.87. The summed E-state index contributed by atoms with van der Waals surface area (Å²) in [7, 11) is -4.51. The number of carbonyl (C=O) groups excluding carboxylic acids is 3. The first-order valence-electron chi connectivity index (χ1n) is 14.9. The van der Waals surface area contributed by atoms with Gasteiger partial charge in [-0.25, -0.2) is 9.52 Å². The Morgan fingerprint density at radius 3 is 1.90 bits per heavy atom. The molecule has 2 fully saturated rings. The Balaban J connectivity index is 2.19. The van der Waals surface area contributed by atoms with Gasteiger partial charge in [0.25, 0.3) is 0 Å². The van der Waals surface area contributed by atoms with E-state index in [2.05, 4.69) is 10.6 Å². The largest absolute Gasteiger partial charge is 0.457 e. The lowest BCUT2D eigenvalue weighted by Gasteiger charge is -2.45. The summed E-state index contributed by atoms with van der Waals surface area (Å²) in [6.45, 7) is 20.1. The Morgan fingerprint density at radius 2 is 1.45 bits per heavy atom. The number of rotatable bonds is 10. The van der Waals surface area contributed by atoms with Crippen LogP contribution in [0.1, 0.15) is 108 Å². The van der Waals surface area contributed by atoms with Gasteiger partial charge in [0.05, 0.1) is 11.2 Å². The van der Waals surface area contributed by atoms with Gasteiger partial charge in [-0.15, -0.1) is 0 Å². The van der Waals surface area contributed by atoms with Gasteiger partial charge in [0.15, 0.2) is 0 Å². The van der Waals surface area contributed by atoms with E-state index >= 15 is 0 Å². The summed E-state index contributed by atoms with van der Waals surface area (Å²) in [6, 6.07) is 0. The Hall–Kier alpha value is -1.90. The van der Waals surface area contributed by atoms with Gasteiger partial charge in [0.1, 0.15) is 11.1 Å². The fraction of sp³-hybridized carbons (Fsp3) is 0.893. The van der Waals surface area contributed by atoms with Gasteiger partial charge in [-0.05, 0) is 101 Å². The average Bonchev–Trinajstić information content (AvgIpc) is 2.98. The van der Waals surface area contributed by atoms with E-state index < -0.39 is 44.2 Å². The minimum Gasteiger partial charge on any atom is -0.443 e. The van der Waals surface area contributed by atoms with E-state index in [0.717, 1.165) is 0 Å². The highest BCUT2D eigenvalue weighted by Crippen LogP contribution is 2.39. The molecule has 3 amide bonds. The van der Waals surface area contributed by atoms with Crippen molar-refractivity contribution in [1.29, 1.82) is 0 Å². The maximum atomic E-state index is 13.9. The molecule has 0 aromatic heterocycles. The Labute approximate surface area is 253 Å². The first kappa shape index (κ1) is 36.3. The fourth-order valence-corrected chi connectivity index (χ4v) is 6.42. The van der Waals surface area contributed by atoms with Crippen molar-refractivity contribution in [2.24, 2.45) is 5.92 Å². The van der Waals surface area contributed by atoms with E-state index in [-0.39, 0.29) is 37.9 Å². The Bertz CT molecular complexity index is 1080. The molecule has 2 rings (SSSR count). The zero-order valence-electron chi connectivity index (χ0n) is 27.4. The molecule has 3 N–H and O–H groups in total. The van der Waals surface area contributed by atoms with Gasteiger partial charge < -0.3 is 24.7 Å². The van der Waals surface area contributed by atoms with Crippen molar-refractivity contribution >= 4 is 35.2 Å². The lowest BCUT2D eigenvalue weighted by molar-refractivity contribution is -0.138. The molecular formula is C28H53BN4O8S. The molecule has 42 heavy (non-hydrogen) atoms.